The molecule has 2 saturated carbocycles. The first-order valence-electron chi connectivity index (χ1n) is 9.84. The molecule has 0 saturated heterocycles. The monoisotopic (exact) mass is 344 g/mol. The third-order valence-corrected chi connectivity index (χ3v) is 8.07. The zero-order chi connectivity index (χ0) is 18.0. The zero-order valence-corrected chi connectivity index (χ0v) is 16.1. The van der Waals surface area contributed by atoms with E-state index < -0.39 is 0 Å². The summed E-state index contributed by atoms with van der Waals surface area (Å²) in [6, 6.07) is 3.22. The molecule has 25 heavy (non-hydrogen) atoms. The Hall–Kier alpha value is -1.22. The first kappa shape index (κ1) is 17.2. The predicted octanol–water partition coefficient (Wildman–Crippen LogP) is 5.17. The summed E-state index contributed by atoms with van der Waals surface area (Å²) in [5.41, 5.74) is 2.08. The number of fused-ring (bicyclic) bond motifs is 4. The molecule has 2 N–H and O–H groups in total. The molecule has 0 unspecified atom stereocenters. The average Bonchev–Trinajstić information content (AvgIpc) is 2.68. The maximum atomic E-state index is 10.5. The Bertz CT molecular complexity index is 695. The number of phenols is 2. The maximum absolute atomic E-state index is 10.5. The third-order valence-electron chi connectivity index (χ3n) is 8.07. The molecule has 138 valence electrons. The second kappa shape index (κ2) is 5.39. The molecule has 3 nitrogen and oxygen atoms in total. The molecule has 0 radical (unpaired) electrons. The Kier molecular flexibility index (Phi) is 3.71. The number of rotatable bonds is 0. The summed E-state index contributed by atoms with van der Waals surface area (Å²) < 4.78 is 6.47. The van der Waals surface area contributed by atoms with Crippen LogP contribution in [0.2, 0.25) is 0 Å². The van der Waals surface area contributed by atoms with E-state index in [-0.39, 0.29) is 16.8 Å². The van der Waals surface area contributed by atoms with Crippen molar-refractivity contribution in [3.63, 3.8) is 0 Å². The second-order valence-corrected chi connectivity index (χ2v) is 9.86. The van der Waals surface area contributed by atoms with Gasteiger partial charge in [0.1, 0.15) is 11.5 Å². The summed E-state index contributed by atoms with van der Waals surface area (Å²) in [4.78, 5) is 0. The van der Waals surface area contributed by atoms with E-state index in [0.717, 1.165) is 24.0 Å². The summed E-state index contributed by atoms with van der Waals surface area (Å²) in [5, 5.41) is 20.8. The van der Waals surface area contributed by atoms with Gasteiger partial charge in [0.2, 0.25) is 0 Å². The van der Waals surface area contributed by atoms with Crippen molar-refractivity contribution >= 4 is 0 Å². The van der Waals surface area contributed by atoms with E-state index in [0.29, 0.717) is 29.6 Å². The lowest BCUT2D eigenvalue weighted by atomic mass is 9.45. The van der Waals surface area contributed by atoms with Crippen molar-refractivity contribution in [2.75, 3.05) is 0 Å². The number of phenolic OH excluding ortho intramolecular Hbond substituents is 2. The van der Waals surface area contributed by atoms with Gasteiger partial charge in [0.15, 0.2) is 0 Å². The fourth-order valence-electron chi connectivity index (χ4n) is 6.73. The number of hydrogen-bond acceptors (Lipinski definition) is 3. The fourth-order valence-corrected chi connectivity index (χ4v) is 6.73. The van der Waals surface area contributed by atoms with Crippen molar-refractivity contribution in [3.05, 3.63) is 23.3 Å². The predicted molar refractivity (Wildman–Crippen MR) is 98.6 cm³/mol. The van der Waals surface area contributed by atoms with Crippen LogP contribution < -0.4 is 0 Å². The van der Waals surface area contributed by atoms with Crippen LogP contribution in [0, 0.1) is 22.7 Å². The Morgan fingerprint density at radius 2 is 1.60 bits per heavy atom. The normalized spacial score (nSPS) is 39.7. The zero-order valence-electron chi connectivity index (χ0n) is 16.1. The molecular weight excluding hydrogens is 312 g/mol. The molecule has 0 amide bonds. The van der Waals surface area contributed by atoms with Crippen molar-refractivity contribution in [1.82, 2.24) is 0 Å². The van der Waals surface area contributed by atoms with E-state index in [1.165, 1.54) is 25.7 Å². The van der Waals surface area contributed by atoms with Crippen molar-refractivity contribution in [1.29, 1.82) is 0 Å². The highest BCUT2D eigenvalue weighted by Crippen LogP contribution is 2.64. The SMILES string of the molecule is CC1(C)CCC[C@]2(C)[C@H]3Cc4c(O)ccc(O)c4CO[C@]3(C)CC[C@@H]12. The molecule has 2 fully saturated rings. The molecule has 4 rings (SSSR count). The number of aromatic hydroxyl groups is 2. The topological polar surface area (TPSA) is 49.7 Å². The minimum Gasteiger partial charge on any atom is -0.508 e. The van der Waals surface area contributed by atoms with Crippen LogP contribution in [0.3, 0.4) is 0 Å². The van der Waals surface area contributed by atoms with Crippen LogP contribution in [-0.4, -0.2) is 15.8 Å². The summed E-state index contributed by atoms with van der Waals surface area (Å²) in [6.45, 7) is 10.0. The van der Waals surface area contributed by atoms with Crippen LogP contribution >= 0.6 is 0 Å². The Labute approximate surface area is 151 Å². The smallest absolute Gasteiger partial charge is 0.121 e. The fraction of sp³-hybridized carbons (Fsp3) is 0.727. The molecular formula is C22H32O3. The molecule has 1 heterocycles. The molecule has 0 spiro atoms. The summed E-state index contributed by atoms with van der Waals surface area (Å²) >= 11 is 0. The van der Waals surface area contributed by atoms with E-state index >= 15 is 0 Å². The van der Waals surface area contributed by atoms with Crippen molar-refractivity contribution in [3.8, 4) is 11.5 Å². The standard InChI is InChI=1S/C22H32O3/c1-20(2)9-5-10-21(3)18(20)8-11-22(4)19(21)12-14-15(13-25-22)17(24)7-6-16(14)23/h6-7,18-19,23-24H,5,8-13H2,1-4H3/t18-,19+,21-,22+/m0/s1. The van der Waals surface area contributed by atoms with Crippen LogP contribution in [0.5, 0.6) is 11.5 Å². The lowest BCUT2D eigenvalue weighted by molar-refractivity contribution is -0.191. The van der Waals surface area contributed by atoms with Crippen LogP contribution in [0.25, 0.3) is 0 Å². The summed E-state index contributed by atoms with van der Waals surface area (Å²) in [6.07, 6.45) is 6.89. The van der Waals surface area contributed by atoms with Crippen LogP contribution in [0.4, 0.5) is 0 Å². The van der Waals surface area contributed by atoms with Gasteiger partial charge in [0.25, 0.3) is 0 Å². The molecule has 3 heteroatoms. The molecule has 1 aromatic carbocycles. The van der Waals surface area contributed by atoms with Gasteiger partial charge in [-0.05, 0) is 73.8 Å². The lowest BCUT2D eigenvalue weighted by Gasteiger charge is -2.62. The van der Waals surface area contributed by atoms with Crippen molar-refractivity contribution in [2.24, 2.45) is 22.7 Å². The van der Waals surface area contributed by atoms with Gasteiger partial charge in [-0.2, -0.15) is 0 Å². The van der Waals surface area contributed by atoms with Gasteiger partial charge in [-0.3, -0.25) is 0 Å². The first-order chi connectivity index (χ1) is 11.7. The number of benzene rings is 1. The average molecular weight is 344 g/mol. The molecule has 1 aliphatic heterocycles. The highest BCUT2D eigenvalue weighted by molar-refractivity contribution is 5.48. The van der Waals surface area contributed by atoms with Gasteiger partial charge in [0, 0.05) is 11.1 Å². The van der Waals surface area contributed by atoms with E-state index in [1.54, 1.807) is 12.1 Å². The second-order valence-electron chi connectivity index (χ2n) is 9.86. The number of ether oxygens (including phenoxy) is 1. The van der Waals surface area contributed by atoms with Crippen molar-refractivity contribution < 1.29 is 14.9 Å². The minimum atomic E-state index is -0.184. The van der Waals surface area contributed by atoms with Gasteiger partial charge in [-0.1, -0.05) is 27.2 Å². The van der Waals surface area contributed by atoms with Gasteiger partial charge in [0.05, 0.1) is 12.2 Å². The van der Waals surface area contributed by atoms with E-state index in [4.69, 9.17) is 4.74 Å². The third kappa shape index (κ3) is 2.42. The maximum Gasteiger partial charge on any atom is 0.121 e. The van der Waals surface area contributed by atoms with E-state index in [9.17, 15) is 10.2 Å². The number of hydrogen-bond donors (Lipinski definition) is 2. The molecule has 1 aromatic rings. The van der Waals surface area contributed by atoms with Crippen molar-refractivity contribution in [2.45, 2.75) is 78.4 Å². The molecule has 0 bridgehead atoms. The highest BCUT2D eigenvalue weighted by Gasteiger charge is 2.59. The van der Waals surface area contributed by atoms with Crippen LogP contribution in [-0.2, 0) is 17.8 Å². The van der Waals surface area contributed by atoms with Gasteiger partial charge < -0.3 is 14.9 Å². The van der Waals surface area contributed by atoms with Gasteiger partial charge >= 0.3 is 0 Å². The molecule has 0 aromatic heterocycles. The van der Waals surface area contributed by atoms with E-state index in [1.807, 2.05) is 0 Å². The quantitative estimate of drug-likeness (QED) is 0.638. The highest BCUT2D eigenvalue weighted by atomic mass is 16.5. The Morgan fingerprint density at radius 3 is 2.32 bits per heavy atom. The summed E-state index contributed by atoms with van der Waals surface area (Å²) in [5.74, 6) is 1.62. The van der Waals surface area contributed by atoms with Crippen LogP contribution in [0.1, 0.15) is 70.9 Å². The Morgan fingerprint density at radius 1 is 0.920 bits per heavy atom. The minimum absolute atomic E-state index is 0.184. The Balaban J connectivity index is 1.82. The lowest BCUT2D eigenvalue weighted by Crippen LogP contribution is -2.58. The first-order valence-corrected chi connectivity index (χ1v) is 9.84. The molecule has 2 aliphatic carbocycles. The molecule has 3 aliphatic rings. The summed E-state index contributed by atoms with van der Waals surface area (Å²) in [7, 11) is 0. The van der Waals surface area contributed by atoms with Crippen LogP contribution in [0.15, 0.2) is 12.1 Å². The van der Waals surface area contributed by atoms with Gasteiger partial charge in [-0.25, -0.2) is 0 Å². The molecule has 4 atom stereocenters. The van der Waals surface area contributed by atoms with Gasteiger partial charge in [-0.15, -0.1) is 0 Å². The largest absolute Gasteiger partial charge is 0.508 e. The van der Waals surface area contributed by atoms with E-state index in [2.05, 4.69) is 27.7 Å².